The van der Waals surface area contributed by atoms with Crippen molar-refractivity contribution in [1.29, 1.82) is 0 Å². The molecule has 0 unspecified atom stereocenters. The molecule has 1 heterocycles. The van der Waals surface area contributed by atoms with Gasteiger partial charge < -0.3 is 19.9 Å². The van der Waals surface area contributed by atoms with Crippen molar-refractivity contribution in [2.45, 2.75) is 13.3 Å². The number of aliphatic hydroxyl groups is 1. The molecule has 0 aliphatic heterocycles. The highest BCUT2D eigenvalue weighted by atomic mass is 16.5. The molecule has 0 fully saturated rings. The van der Waals surface area contributed by atoms with Gasteiger partial charge in [0.05, 0.1) is 18.0 Å². The molecule has 3 aromatic rings. The second-order valence-corrected chi connectivity index (χ2v) is 5.91. The maximum Gasteiger partial charge on any atom is 0.345 e. The van der Waals surface area contributed by atoms with Gasteiger partial charge in [-0.2, -0.15) is 4.98 Å². The number of rotatable bonds is 6. The Hall–Kier alpha value is -3.12. The molecular formula is C20H20N2O4. The van der Waals surface area contributed by atoms with Crippen molar-refractivity contribution in [3.63, 3.8) is 0 Å². The van der Waals surface area contributed by atoms with Gasteiger partial charge in [-0.05, 0) is 48.9 Å². The van der Waals surface area contributed by atoms with E-state index in [1.54, 1.807) is 31.2 Å². The third-order valence-corrected chi connectivity index (χ3v) is 3.97. The first kappa shape index (κ1) is 17.7. The number of aromatic hydroxyl groups is 1. The van der Waals surface area contributed by atoms with Crippen molar-refractivity contribution in [3.05, 3.63) is 64.6 Å². The Morgan fingerprint density at radius 1 is 1.15 bits per heavy atom. The second-order valence-electron chi connectivity index (χ2n) is 5.91. The Bertz CT molecular complexity index is 966. The summed E-state index contributed by atoms with van der Waals surface area (Å²) in [5.41, 5.74) is 2.82. The molecule has 0 spiro atoms. The molecule has 0 atom stereocenters. The number of para-hydroxylation sites is 1. The van der Waals surface area contributed by atoms with E-state index < -0.39 is 5.69 Å². The van der Waals surface area contributed by atoms with Crippen LogP contribution in [0.4, 0.5) is 0 Å². The summed E-state index contributed by atoms with van der Waals surface area (Å²) in [6, 6.07) is 14.2. The summed E-state index contributed by atoms with van der Waals surface area (Å²) < 4.78 is 5.72. The van der Waals surface area contributed by atoms with Crippen LogP contribution < -0.4 is 10.4 Å². The minimum Gasteiger partial charge on any atom is -0.508 e. The number of ether oxygens (including phenoxy) is 1. The topological polar surface area (TPSA) is 95.4 Å². The Balaban J connectivity index is 2.03. The summed E-state index contributed by atoms with van der Waals surface area (Å²) in [6.45, 7) is 2.22. The van der Waals surface area contributed by atoms with Crippen LogP contribution in [0.1, 0.15) is 12.0 Å². The van der Waals surface area contributed by atoms with Gasteiger partial charge in [0.2, 0.25) is 0 Å². The van der Waals surface area contributed by atoms with Crippen LogP contribution in [0, 0.1) is 6.92 Å². The molecule has 0 radical (unpaired) electrons. The number of hydrogen-bond acceptors (Lipinski definition) is 5. The lowest BCUT2D eigenvalue weighted by atomic mass is 10.0. The number of phenolic OH excluding ortho intramolecular Hbond substituents is 1. The maximum absolute atomic E-state index is 12.1. The van der Waals surface area contributed by atoms with Crippen LogP contribution in [0.15, 0.2) is 53.3 Å². The average Bonchev–Trinajstić information content (AvgIpc) is 2.64. The van der Waals surface area contributed by atoms with Gasteiger partial charge in [0.25, 0.3) is 0 Å². The molecule has 0 saturated carbocycles. The van der Waals surface area contributed by atoms with Crippen molar-refractivity contribution >= 4 is 0 Å². The molecule has 6 nitrogen and oxygen atoms in total. The molecule has 3 N–H and O–H groups in total. The number of nitrogens with zero attached hydrogens (tertiary/aromatic N) is 1. The highest BCUT2D eigenvalue weighted by Gasteiger charge is 2.11. The molecule has 3 rings (SSSR count). The molecule has 2 aromatic carbocycles. The number of hydrogen-bond donors (Lipinski definition) is 3. The SMILES string of the molecule is Cc1cc(-c2cc(-c3ccccc3OCCCO)[nH]c(=O)n2)ccc1O. The molecule has 0 aliphatic rings. The van der Waals surface area contributed by atoms with Crippen molar-refractivity contribution in [2.75, 3.05) is 13.2 Å². The fourth-order valence-electron chi connectivity index (χ4n) is 2.63. The molecule has 26 heavy (non-hydrogen) atoms. The summed E-state index contributed by atoms with van der Waals surface area (Å²) in [5.74, 6) is 0.817. The van der Waals surface area contributed by atoms with E-state index in [-0.39, 0.29) is 12.4 Å². The van der Waals surface area contributed by atoms with Gasteiger partial charge >= 0.3 is 5.69 Å². The van der Waals surface area contributed by atoms with Crippen LogP contribution in [0.3, 0.4) is 0 Å². The van der Waals surface area contributed by atoms with Crippen LogP contribution in [0.25, 0.3) is 22.5 Å². The fourth-order valence-corrected chi connectivity index (χ4v) is 2.63. The monoisotopic (exact) mass is 352 g/mol. The normalized spacial score (nSPS) is 10.7. The number of H-pyrrole nitrogens is 1. The lowest BCUT2D eigenvalue weighted by Gasteiger charge is -2.12. The third kappa shape index (κ3) is 3.92. The van der Waals surface area contributed by atoms with Gasteiger partial charge in [0.15, 0.2) is 0 Å². The lowest BCUT2D eigenvalue weighted by molar-refractivity contribution is 0.234. The number of benzene rings is 2. The van der Waals surface area contributed by atoms with E-state index in [1.807, 2.05) is 24.3 Å². The Morgan fingerprint density at radius 2 is 1.96 bits per heavy atom. The number of phenols is 1. The molecule has 6 heteroatoms. The van der Waals surface area contributed by atoms with Gasteiger partial charge in [-0.1, -0.05) is 12.1 Å². The van der Waals surface area contributed by atoms with Crippen LogP contribution >= 0.6 is 0 Å². The lowest BCUT2D eigenvalue weighted by Crippen LogP contribution is -2.12. The number of aryl methyl sites for hydroxylation is 1. The van der Waals surface area contributed by atoms with Crippen LogP contribution in [-0.2, 0) is 0 Å². The van der Waals surface area contributed by atoms with E-state index in [4.69, 9.17) is 9.84 Å². The van der Waals surface area contributed by atoms with E-state index in [2.05, 4.69) is 9.97 Å². The summed E-state index contributed by atoms with van der Waals surface area (Å²) >= 11 is 0. The first-order valence-corrected chi connectivity index (χ1v) is 8.33. The summed E-state index contributed by atoms with van der Waals surface area (Å²) in [5, 5.41) is 18.6. The number of aliphatic hydroxyl groups excluding tert-OH is 1. The van der Waals surface area contributed by atoms with Crippen molar-refractivity contribution in [1.82, 2.24) is 9.97 Å². The molecule has 0 bridgehead atoms. The van der Waals surface area contributed by atoms with E-state index >= 15 is 0 Å². The number of nitrogens with one attached hydrogen (secondary N) is 1. The van der Waals surface area contributed by atoms with Gasteiger partial charge in [0.1, 0.15) is 11.5 Å². The maximum atomic E-state index is 12.1. The van der Waals surface area contributed by atoms with E-state index in [9.17, 15) is 9.90 Å². The van der Waals surface area contributed by atoms with Crippen molar-refractivity contribution in [2.24, 2.45) is 0 Å². The van der Waals surface area contributed by atoms with Gasteiger partial charge in [-0.15, -0.1) is 0 Å². The Morgan fingerprint density at radius 3 is 2.73 bits per heavy atom. The smallest absolute Gasteiger partial charge is 0.345 e. The Kier molecular flexibility index (Phi) is 5.34. The predicted molar refractivity (Wildman–Crippen MR) is 99.3 cm³/mol. The minimum absolute atomic E-state index is 0.0542. The Labute approximate surface area is 150 Å². The standard InChI is InChI=1S/C20H20N2O4/c1-13-11-14(7-8-18(13)24)16-12-17(22-20(25)21-16)15-5-2-3-6-19(15)26-10-4-9-23/h2-3,5-8,11-12,23-24H,4,9-10H2,1H3,(H,21,22,25). The van der Waals surface area contributed by atoms with Gasteiger partial charge in [0, 0.05) is 24.2 Å². The molecule has 0 amide bonds. The average molecular weight is 352 g/mol. The number of aromatic amines is 1. The van der Waals surface area contributed by atoms with Crippen LogP contribution in [-0.4, -0.2) is 33.4 Å². The van der Waals surface area contributed by atoms with E-state index in [0.717, 1.165) is 11.1 Å². The van der Waals surface area contributed by atoms with Crippen molar-refractivity contribution < 1.29 is 14.9 Å². The molecule has 0 aliphatic carbocycles. The van der Waals surface area contributed by atoms with Crippen LogP contribution in [0.5, 0.6) is 11.5 Å². The minimum atomic E-state index is -0.464. The van der Waals surface area contributed by atoms with Gasteiger partial charge in [-0.3, -0.25) is 0 Å². The fraction of sp³-hybridized carbons (Fsp3) is 0.200. The summed E-state index contributed by atoms with van der Waals surface area (Å²) in [4.78, 5) is 18.9. The zero-order chi connectivity index (χ0) is 18.5. The first-order chi connectivity index (χ1) is 12.6. The molecule has 0 saturated heterocycles. The summed E-state index contributed by atoms with van der Waals surface area (Å²) in [7, 11) is 0. The highest BCUT2D eigenvalue weighted by molar-refractivity contribution is 5.72. The molecule has 1 aromatic heterocycles. The summed E-state index contributed by atoms with van der Waals surface area (Å²) in [6.07, 6.45) is 0.527. The number of aromatic nitrogens is 2. The molecule has 134 valence electrons. The van der Waals surface area contributed by atoms with Gasteiger partial charge in [-0.25, -0.2) is 4.79 Å². The quantitative estimate of drug-likeness (QED) is 0.593. The van der Waals surface area contributed by atoms with Crippen LogP contribution in [0.2, 0.25) is 0 Å². The largest absolute Gasteiger partial charge is 0.508 e. The third-order valence-electron chi connectivity index (χ3n) is 3.97. The predicted octanol–water partition coefficient (Wildman–Crippen LogP) is 2.88. The second kappa shape index (κ2) is 7.84. The molecular weight excluding hydrogens is 332 g/mol. The highest BCUT2D eigenvalue weighted by Crippen LogP contribution is 2.30. The zero-order valence-corrected chi connectivity index (χ0v) is 14.4. The van der Waals surface area contributed by atoms with E-state index in [1.165, 1.54) is 0 Å². The first-order valence-electron chi connectivity index (χ1n) is 8.33. The van der Waals surface area contributed by atoms with E-state index in [0.29, 0.717) is 35.7 Å². The zero-order valence-electron chi connectivity index (χ0n) is 14.4. The van der Waals surface area contributed by atoms with Crippen molar-refractivity contribution in [3.8, 4) is 34.0 Å².